The number of amides is 2. The van der Waals surface area contributed by atoms with E-state index in [9.17, 15) is 9.59 Å². The van der Waals surface area contributed by atoms with Crippen LogP contribution in [0.15, 0.2) is 0 Å². The molecule has 2 amide bonds. The Morgan fingerprint density at radius 2 is 2.46 bits per heavy atom. The highest BCUT2D eigenvalue weighted by Crippen LogP contribution is 2.10. The van der Waals surface area contributed by atoms with E-state index in [1.165, 1.54) is 0 Å². The second-order valence-electron chi connectivity index (χ2n) is 3.13. The van der Waals surface area contributed by atoms with Crippen molar-refractivity contribution in [2.24, 2.45) is 5.92 Å². The van der Waals surface area contributed by atoms with Crippen molar-refractivity contribution in [3.05, 3.63) is 0 Å². The first-order valence-corrected chi connectivity index (χ1v) is 4.60. The first-order chi connectivity index (χ1) is 6.25. The predicted octanol–water partition coefficient (Wildman–Crippen LogP) is -2.13. The van der Waals surface area contributed by atoms with Crippen molar-refractivity contribution < 1.29 is 15.3 Å². The Morgan fingerprint density at radius 1 is 1.69 bits per heavy atom. The smallest absolute Gasteiger partial charge is 0.232 e. The summed E-state index contributed by atoms with van der Waals surface area (Å²) < 4.78 is 0. The van der Waals surface area contributed by atoms with Crippen LogP contribution in [-0.4, -0.2) is 31.4 Å². The van der Waals surface area contributed by atoms with Gasteiger partial charge >= 0.3 is 0 Å². The Labute approximate surface area is 77.1 Å². The Morgan fingerprint density at radius 3 is 3.08 bits per heavy atom. The van der Waals surface area contributed by atoms with Gasteiger partial charge in [0.25, 0.3) is 0 Å². The van der Waals surface area contributed by atoms with Crippen molar-refractivity contribution in [3.63, 3.8) is 0 Å². The average Bonchev–Trinajstić information content (AvgIpc) is 2.15. The van der Waals surface area contributed by atoms with Crippen LogP contribution in [0, 0.1) is 5.92 Å². The summed E-state index contributed by atoms with van der Waals surface area (Å²) in [6.45, 7) is 1.89. The average molecular weight is 186 g/mol. The first-order valence-electron chi connectivity index (χ1n) is 4.60. The highest BCUT2D eigenvalue weighted by atomic mass is 16.2. The summed E-state index contributed by atoms with van der Waals surface area (Å²) in [5, 5.41) is 5.34. The monoisotopic (exact) mass is 186 g/mol. The summed E-state index contributed by atoms with van der Waals surface area (Å²) in [5.74, 6) is -0.797. The molecule has 0 saturated carbocycles. The number of nitrogens with one attached hydrogen (secondary N) is 2. The molecule has 74 valence electrons. The SMILES string of the molecule is [NH3+]CCNC(=O)[C@@H]1CCCNC1=O. The van der Waals surface area contributed by atoms with Crippen LogP contribution in [0.1, 0.15) is 12.8 Å². The van der Waals surface area contributed by atoms with E-state index in [0.29, 0.717) is 26.1 Å². The molecule has 13 heavy (non-hydrogen) atoms. The summed E-state index contributed by atoms with van der Waals surface area (Å²) in [4.78, 5) is 22.6. The Hall–Kier alpha value is -1.10. The molecule has 5 heteroatoms. The summed E-state index contributed by atoms with van der Waals surface area (Å²) >= 11 is 0. The lowest BCUT2D eigenvalue weighted by Crippen LogP contribution is -2.56. The van der Waals surface area contributed by atoms with Crippen LogP contribution in [0.25, 0.3) is 0 Å². The number of carbonyl (C=O) groups excluding carboxylic acids is 2. The summed E-state index contributed by atoms with van der Waals surface area (Å²) in [7, 11) is 0. The molecule has 5 nitrogen and oxygen atoms in total. The van der Waals surface area contributed by atoms with E-state index < -0.39 is 5.92 Å². The largest absolute Gasteiger partial charge is 0.356 e. The molecule has 0 spiro atoms. The van der Waals surface area contributed by atoms with Crippen LogP contribution in [0.5, 0.6) is 0 Å². The van der Waals surface area contributed by atoms with Gasteiger partial charge in [0, 0.05) is 6.54 Å². The molecule has 1 fully saturated rings. The van der Waals surface area contributed by atoms with Crippen LogP contribution in [-0.2, 0) is 9.59 Å². The van der Waals surface area contributed by atoms with Gasteiger partial charge in [-0.3, -0.25) is 9.59 Å². The van der Waals surface area contributed by atoms with E-state index in [2.05, 4.69) is 16.4 Å². The fourth-order valence-electron chi connectivity index (χ4n) is 1.36. The molecule has 1 heterocycles. The highest BCUT2D eigenvalue weighted by Gasteiger charge is 2.28. The number of carbonyl (C=O) groups is 2. The zero-order valence-electron chi connectivity index (χ0n) is 7.64. The van der Waals surface area contributed by atoms with Gasteiger partial charge in [0.05, 0.1) is 13.1 Å². The maximum Gasteiger partial charge on any atom is 0.232 e. The summed E-state index contributed by atoms with van der Waals surface area (Å²) in [6.07, 6.45) is 1.54. The first kappa shape index (κ1) is 9.98. The van der Waals surface area contributed by atoms with Crippen molar-refractivity contribution in [2.45, 2.75) is 12.8 Å². The maximum atomic E-state index is 11.4. The molecule has 0 aromatic carbocycles. The fraction of sp³-hybridized carbons (Fsp3) is 0.750. The Bertz CT molecular complexity index is 206. The van der Waals surface area contributed by atoms with Crippen LogP contribution in [0.4, 0.5) is 0 Å². The molecule has 0 radical (unpaired) electrons. The molecular formula is C8H16N3O2+. The Balaban J connectivity index is 2.39. The number of rotatable bonds is 3. The molecule has 1 atom stereocenters. The molecule has 0 bridgehead atoms. The second kappa shape index (κ2) is 4.81. The van der Waals surface area contributed by atoms with Crippen LogP contribution in [0.2, 0.25) is 0 Å². The van der Waals surface area contributed by atoms with Crippen molar-refractivity contribution in [1.29, 1.82) is 0 Å². The topological polar surface area (TPSA) is 85.8 Å². The molecule has 5 N–H and O–H groups in total. The Kier molecular flexibility index (Phi) is 3.70. The lowest BCUT2D eigenvalue weighted by molar-refractivity contribution is -0.364. The van der Waals surface area contributed by atoms with Gasteiger partial charge in [0.2, 0.25) is 11.8 Å². The molecule has 1 aliphatic heterocycles. The number of piperidine rings is 1. The highest BCUT2D eigenvalue weighted by molar-refractivity contribution is 6.00. The number of hydrogen-bond acceptors (Lipinski definition) is 2. The molecular weight excluding hydrogens is 170 g/mol. The minimum atomic E-state index is -0.486. The summed E-state index contributed by atoms with van der Waals surface area (Å²) in [6, 6.07) is 0. The molecule has 0 unspecified atom stereocenters. The molecule has 0 aromatic rings. The number of hydrogen-bond donors (Lipinski definition) is 3. The molecule has 1 aliphatic rings. The fourth-order valence-corrected chi connectivity index (χ4v) is 1.36. The van der Waals surface area contributed by atoms with Crippen molar-refractivity contribution in [2.75, 3.05) is 19.6 Å². The van der Waals surface area contributed by atoms with Gasteiger partial charge in [-0.25, -0.2) is 0 Å². The molecule has 1 saturated heterocycles. The van der Waals surface area contributed by atoms with Gasteiger partial charge in [-0.15, -0.1) is 0 Å². The lowest BCUT2D eigenvalue weighted by Gasteiger charge is -2.20. The van der Waals surface area contributed by atoms with Crippen molar-refractivity contribution >= 4 is 11.8 Å². The lowest BCUT2D eigenvalue weighted by atomic mass is 9.98. The van der Waals surface area contributed by atoms with E-state index >= 15 is 0 Å². The molecule has 0 aliphatic carbocycles. The van der Waals surface area contributed by atoms with E-state index in [4.69, 9.17) is 0 Å². The van der Waals surface area contributed by atoms with Crippen molar-refractivity contribution in [3.8, 4) is 0 Å². The zero-order valence-corrected chi connectivity index (χ0v) is 7.64. The molecule has 1 rings (SSSR count). The van der Waals surface area contributed by atoms with Crippen LogP contribution < -0.4 is 16.4 Å². The standard InChI is InChI=1S/C8H15N3O2/c9-3-5-11-8(13)6-2-1-4-10-7(6)12/h6H,1-5,9H2,(H,10,12)(H,11,13)/p+1/t6-/m1/s1. The van der Waals surface area contributed by atoms with Crippen LogP contribution in [0.3, 0.4) is 0 Å². The van der Waals surface area contributed by atoms with Gasteiger partial charge in [-0.1, -0.05) is 0 Å². The minimum absolute atomic E-state index is 0.146. The van der Waals surface area contributed by atoms with Crippen molar-refractivity contribution in [1.82, 2.24) is 10.6 Å². The van der Waals surface area contributed by atoms with E-state index in [-0.39, 0.29) is 11.8 Å². The van der Waals surface area contributed by atoms with Gasteiger partial charge < -0.3 is 16.4 Å². The van der Waals surface area contributed by atoms with Gasteiger partial charge in [0.15, 0.2) is 0 Å². The predicted molar refractivity (Wildman–Crippen MR) is 46.5 cm³/mol. The third kappa shape index (κ3) is 2.69. The normalized spacial score (nSPS) is 22.2. The second-order valence-corrected chi connectivity index (χ2v) is 3.13. The summed E-state index contributed by atoms with van der Waals surface area (Å²) in [5.41, 5.74) is 3.61. The quantitative estimate of drug-likeness (QED) is 0.440. The van der Waals surface area contributed by atoms with E-state index in [1.54, 1.807) is 0 Å². The maximum absolute atomic E-state index is 11.4. The third-order valence-corrected chi connectivity index (χ3v) is 2.08. The van der Waals surface area contributed by atoms with E-state index in [0.717, 1.165) is 6.42 Å². The number of quaternary nitrogens is 1. The third-order valence-electron chi connectivity index (χ3n) is 2.08. The van der Waals surface area contributed by atoms with Gasteiger partial charge in [0.1, 0.15) is 5.92 Å². The zero-order chi connectivity index (χ0) is 9.68. The van der Waals surface area contributed by atoms with E-state index in [1.807, 2.05) is 0 Å². The molecule has 0 aromatic heterocycles. The minimum Gasteiger partial charge on any atom is -0.356 e. The van der Waals surface area contributed by atoms with Crippen LogP contribution >= 0.6 is 0 Å². The van der Waals surface area contributed by atoms with Gasteiger partial charge in [-0.05, 0) is 12.8 Å². The van der Waals surface area contributed by atoms with Gasteiger partial charge in [-0.2, -0.15) is 0 Å².